The molecule has 1 aliphatic rings. The van der Waals surface area contributed by atoms with E-state index in [0.717, 1.165) is 54.3 Å². The first-order chi connectivity index (χ1) is 11.5. The van der Waals surface area contributed by atoms with E-state index in [1.165, 1.54) is 0 Å². The summed E-state index contributed by atoms with van der Waals surface area (Å²) in [6, 6.07) is 2.24. The van der Waals surface area contributed by atoms with Gasteiger partial charge in [0.25, 0.3) is 0 Å². The van der Waals surface area contributed by atoms with Gasteiger partial charge in [0.2, 0.25) is 0 Å². The Kier molecular flexibility index (Phi) is 4.15. The molecule has 0 spiro atoms. The van der Waals surface area contributed by atoms with Crippen LogP contribution in [0.2, 0.25) is 0 Å². The number of aromatic nitrogens is 3. The maximum Gasteiger partial charge on any atom is 0.189 e. The van der Waals surface area contributed by atoms with Crippen LogP contribution >= 0.6 is 0 Å². The molecule has 5 nitrogen and oxygen atoms in total. The molecule has 0 bridgehead atoms. The van der Waals surface area contributed by atoms with Gasteiger partial charge in [-0.1, -0.05) is 0 Å². The lowest BCUT2D eigenvalue weighted by Crippen LogP contribution is -2.01. The highest BCUT2D eigenvalue weighted by Crippen LogP contribution is 2.29. The first-order valence-electron chi connectivity index (χ1n) is 8.38. The van der Waals surface area contributed by atoms with Crippen molar-refractivity contribution in [2.24, 2.45) is 0 Å². The third-order valence-electron chi connectivity index (χ3n) is 4.92. The van der Waals surface area contributed by atoms with Crippen LogP contribution in [-0.4, -0.2) is 20.1 Å². The van der Waals surface area contributed by atoms with Gasteiger partial charge >= 0.3 is 0 Å². The van der Waals surface area contributed by atoms with Gasteiger partial charge in [0.15, 0.2) is 5.78 Å². The van der Waals surface area contributed by atoms with Crippen LogP contribution in [0, 0.1) is 32.1 Å². The Bertz CT molecular complexity index is 890. The van der Waals surface area contributed by atoms with Crippen molar-refractivity contribution in [2.45, 2.75) is 53.6 Å². The number of ketones is 1. The standard InChI is InChI=1S/C19H22N4O/c1-5-23-13(3)15(12(2)21-23)8-9-18(24)19-14(4)22-10-6-7-17(22)16(19)11-20/h8-9H,5-7,10H2,1-4H3. The summed E-state index contributed by atoms with van der Waals surface area (Å²) in [6.45, 7) is 9.63. The molecule has 0 saturated heterocycles. The van der Waals surface area contributed by atoms with Crippen molar-refractivity contribution in [3.8, 4) is 6.07 Å². The lowest BCUT2D eigenvalue weighted by atomic mass is 10.0. The lowest BCUT2D eigenvalue weighted by Gasteiger charge is -2.01. The smallest absolute Gasteiger partial charge is 0.189 e. The Hall–Kier alpha value is -2.61. The fraction of sp³-hybridized carbons (Fsp3) is 0.421. The molecule has 2 aromatic rings. The molecule has 0 radical (unpaired) electrons. The molecule has 3 heterocycles. The molecule has 0 amide bonds. The van der Waals surface area contributed by atoms with Gasteiger partial charge in [0.05, 0.1) is 16.8 Å². The molecular weight excluding hydrogens is 300 g/mol. The summed E-state index contributed by atoms with van der Waals surface area (Å²) in [5.41, 5.74) is 5.97. The molecule has 0 aromatic carbocycles. The van der Waals surface area contributed by atoms with Crippen molar-refractivity contribution in [1.29, 1.82) is 5.26 Å². The zero-order valence-electron chi connectivity index (χ0n) is 14.7. The molecule has 0 unspecified atom stereocenters. The van der Waals surface area contributed by atoms with Crippen molar-refractivity contribution >= 4 is 11.9 Å². The summed E-state index contributed by atoms with van der Waals surface area (Å²) >= 11 is 0. The lowest BCUT2D eigenvalue weighted by molar-refractivity contribution is 0.104. The van der Waals surface area contributed by atoms with E-state index in [2.05, 4.69) is 15.7 Å². The number of aryl methyl sites for hydroxylation is 2. The monoisotopic (exact) mass is 322 g/mol. The van der Waals surface area contributed by atoms with E-state index in [-0.39, 0.29) is 5.78 Å². The molecular formula is C19H22N4O. The normalized spacial score (nSPS) is 13.5. The third-order valence-corrected chi connectivity index (χ3v) is 4.92. The Balaban J connectivity index is 1.98. The average molecular weight is 322 g/mol. The molecule has 0 fully saturated rings. The Labute approximate surface area is 142 Å². The van der Waals surface area contributed by atoms with Crippen LogP contribution in [0.15, 0.2) is 6.08 Å². The summed E-state index contributed by atoms with van der Waals surface area (Å²) in [5, 5.41) is 14.0. The molecule has 0 N–H and O–H groups in total. The van der Waals surface area contributed by atoms with E-state index in [1.807, 2.05) is 38.5 Å². The summed E-state index contributed by atoms with van der Waals surface area (Å²) in [4.78, 5) is 12.7. The Morgan fingerprint density at radius 1 is 1.33 bits per heavy atom. The fourth-order valence-electron chi connectivity index (χ4n) is 3.69. The van der Waals surface area contributed by atoms with Crippen LogP contribution in [0.3, 0.4) is 0 Å². The van der Waals surface area contributed by atoms with E-state index in [4.69, 9.17) is 0 Å². The number of nitriles is 1. The van der Waals surface area contributed by atoms with E-state index < -0.39 is 0 Å². The van der Waals surface area contributed by atoms with Gasteiger partial charge in [-0.2, -0.15) is 10.4 Å². The second-order valence-electron chi connectivity index (χ2n) is 6.25. The molecule has 2 aromatic heterocycles. The van der Waals surface area contributed by atoms with E-state index in [9.17, 15) is 10.1 Å². The Morgan fingerprint density at radius 2 is 2.08 bits per heavy atom. The number of fused-ring (bicyclic) bond motifs is 1. The van der Waals surface area contributed by atoms with Gasteiger partial charge in [-0.25, -0.2) is 0 Å². The summed E-state index contributed by atoms with van der Waals surface area (Å²) in [5.74, 6) is -0.103. The largest absolute Gasteiger partial charge is 0.347 e. The van der Waals surface area contributed by atoms with Crippen molar-refractivity contribution in [3.05, 3.63) is 45.5 Å². The van der Waals surface area contributed by atoms with Crippen LogP contribution in [0.5, 0.6) is 0 Å². The van der Waals surface area contributed by atoms with Crippen molar-refractivity contribution < 1.29 is 4.79 Å². The maximum absolute atomic E-state index is 12.7. The van der Waals surface area contributed by atoms with Crippen LogP contribution in [0.4, 0.5) is 0 Å². The second-order valence-corrected chi connectivity index (χ2v) is 6.25. The number of nitrogens with zero attached hydrogens (tertiary/aromatic N) is 4. The topological polar surface area (TPSA) is 63.6 Å². The van der Waals surface area contributed by atoms with E-state index in [0.29, 0.717) is 11.1 Å². The minimum absolute atomic E-state index is 0.103. The zero-order chi connectivity index (χ0) is 17.4. The zero-order valence-corrected chi connectivity index (χ0v) is 14.7. The van der Waals surface area contributed by atoms with E-state index >= 15 is 0 Å². The molecule has 1 aliphatic heterocycles. The van der Waals surface area contributed by atoms with Gasteiger partial charge in [-0.15, -0.1) is 0 Å². The van der Waals surface area contributed by atoms with Crippen LogP contribution in [-0.2, 0) is 19.5 Å². The summed E-state index contributed by atoms with van der Waals surface area (Å²) < 4.78 is 4.05. The number of allylic oxidation sites excluding steroid dienone is 1. The van der Waals surface area contributed by atoms with Crippen molar-refractivity contribution in [2.75, 3.05) is 0 Å². The molecule has 0 saturated carbocycles. The van der Waals surface area contributed by atoms with E-state index in [1.54, 1.807) is 6.08 Å². The predicted octanol–water partition coefficient (Wildman–Crippen LogP) is 3.34. The highest BCUT2D eigenvalue weighted by atomic mass is 16.1. The fourth-order valence-corrected chi connectivity index (χ4v) is 3.69. The predicted molar refractivity (Wildman–Crippen MR) is 92.9 cm³/mol. The number of rotatable bonds is 4. The molecule has 24 heavy (non-hydrogen) atoms. The van der Waals surface area contributed by atoms with Crippen LogP contribution in [0.25, 0.3) is 6.08 Å². The molecule has 0 aliphatic carbocycles. The molecule has 5 heteroatoms. The minimum atomic E-state index is -0.103. The molecule has 0 atom stereocenters. The third kappa shape index (κ3) is 2.39. The number of hydrogen-bond donors (Lipinski definition) is 0. The number of hydrogen-bond acceptors (Lipinski definition) is 3. The SMILES string of the molecule is CCn1nc(C)c(C=CC(=O)c2c(C#N)c3n(c2C)CCC3)c1C. The average Bonchev–Trinajstić information content (AvgIpc) is 3.21. The second kappa shape index (κ2) is 6.12. The van der Waals surface area contributed by atoms with Gasteiger partial charge in [-0.05, 0) is 52.7 Å². The van der Waals surface area contributed by atoms with Gasteiger partial charge in [-0.3, -0.25) is 9.48 Å². The highest BCUT2D eigenvalue weighted by molar-refractivity contribution is 6.09. The first kappa shape index (κ1) is 16.3. The number of carbonyl (C=O) groups is 1. The molecule has 3 rings (SSSR count). The minimum Gasteiger partial charge on any atom is -0.347 e. The molecule has 124 valence electrons. The summed E-state index contributed by atoms with van der Waals surface area (Å²) in [7, 11) is 0. The maximum atomic E-state index is 12.7. The van der Waals surface area contributed by atoms with Gasteiger partial charge < -0.3 is 4.57 Å². The van der Waals surface area contributed by atoms with Crippen molar-refractivity contribution in [3.63, 3.8) is 0 Å². The Morgan fingerprint density at radius 3 is 2.71 bits per heavy atom. The van der Waals surface area contributed by atoms with Crippen LogP contribution < -0.4 is 0 Å². The highest BCUT2D eigenvalue weighted by Gasteiger charge is 2.26. The quantitative estimate of drug-likeness (QED) is 0.640. The van der Waals surface area contributed by atoms with Crippen LogP contribution in [0.1, 0.15) is 57.6 Å². The van der Waals surface area contributed by atoms with Crippen molar-refractivity contribution in [1.82, 2.24) is 14.3 Å². The number of carbonyl (C=O) groups excluding carboxylic acids is 1. The summed E-state index contributed by atoms with van der Waals surface area (Å²) in [6.07, 6.45) is 5.33. The first-order valence-corrected chi connectivity index (χ1v) is 8.38. The van der Waals surface area contributed by atoms with Gasteiger partial charge in [0, 0.05) is 35.7 Å². The van der Waals surface area contributed by atoms with Gasteiger partial charge in [0.1, 0.15) is 6.07 Å².